The average molecular weight is 400 g/mol. The van der Waals surface area contributed by atoms with Gasteiger partial charge in [-0.15, -0.1) is 0 Å². The summed E-state index contributed by atoms with van der Waals surface area (Å²) >= 11 is 5.58. The number of likely N-dealkylation sites (tertiary alicyclic amines) is 1. The van der Waals surface area contributed by atoms with E-state index in [9.17, 15) is 23.1 Å². The van der Waals surface area contributed by atoms with Gasteiger partial charge in [0, 0.05) is 30.9 Å². The number of carbonyl (C=O) groups excluding carboxylic acids is 1. The fourth-order valence-electron chi connectivity index (χ4n) is 2.99. The third-order valence-corrected chi connectivity index (χ3v) is 4.65. The summed E-state index contributed by atoms with van der Waals surface area (Å²) in [6.45, 7) is 0.858. The molecule has 0 radical (unpaired) electrons. The fourth-order valence-corrected chi connectivity index (χ4v) is 3.23. The minimum absolute atomic E-state index is 0.0541. The van der Waals surface area contributed by atoms with Gasteiger partial charge >= 0.3 is 6.18 Å². The van der Waals surface area contributed by atoms with Crippen molar-refractivity contribution in [2.45, 2.75) is 24.9 Å². The number of aromatic nitrogens is 2. The van der Waals surface area contributed by atoms with Crippen molar-refractivity contribution < 1.29 is 23.1 Å². The lowest BCUT2D eigenvalue weighted by molar-refractivity contribution is -0.266. The standard InChI is InChI=1S/C17H16ClF3N4O2/c18-14-13(17(19,20)21)8-22-15(24-14)23-12-5-3-10(4-6-12)11-2-1-7-25(9-11)16(26)27/h3-6,8,11H,1-2,7,9H2,(H,26,27)(H,22,23,24)/p-1. The van der Waals surface area contributed by atoms with Crippen LogP contribution in [0.15, 0.2) is 30.5 Å². The van der Waals surface area contributed by atoms with Gasteiger partial charge in [0.1, 0.15) is 16.8 Å². The minimum Gasteiger partial charge on any atom is -0.530 e. The summed E-state index contributed by atoms with van der Waals surface area (Å²) < 4.78 is 38.0. The number of alkyl halides is 3. The van der Waals surface area contributed by atoms with Gasteiger partial charge in [0.25, 0.3) is 0 Å². The van der Waals surface area contributed by atoms with E-state index in [4.69, 9.17) is 11.6 Å². The van der Waals surface area contributed by atoms with Crippen LogP contribution in [0.1, 0.15) is 29.9 Å². The molecular formula is C17H15ClF3N4O2-. The van der Waals surface area contributed by atoms with Gasteiger partial charge in [0.15, 0.2) is 0 Å². The molecule has 2 heterocycles. The number of hydrogen-bond acceptors (Lipinski definition) is 5. The van der Waals surface area contributed by atoms with Crippen molar-refractivity contribution >= 4 is 29.3 Å². The molecule has 10 heteroatoms. The molecule has 1 aliphatic rings. The Morgan fingerprint density at radius 2 is 2.00 bits per heavy atom. The second kappa shape index (κ2) is 7.59. The average Bonchev–Trinajstić information content (AvgIpc) is 2.61. The molecule has 2 aromatic rings. The van der Waals surface area contributed by atoms with Crippen LogP contribution in [0.3, 0.4) is 0 Å². The van der Waals surface area contributed by atoms with Crippen LogP contribution in [0.25, 0.3) is 0 Å². The monoisotopic (exact) mass is 399 g/mol. The minimum atomic E-state index is -4.61. The van der Waals surface area contributed by atoms with Crippen molar-refractivity contribution in [3.8, 4) is 0 Å². The van der Waals surface area contributed by atoms with Crippen LogP contribution < -0.4 is 10.4 Å². The quantitative estimate of drug-likeness (QED) is 0.800. The lowest BCUT2D eigenvalue weighted by Crippen LogP contribution is -2.46. The van der Waals surface area contributed by atoms with Crippen LogP contribution in [0, 0.1) is 0 Å². The Bertz CT molecular complexity index is 830. The highest BCUT2D eigenvalue weighted by atomic mass is 35.5. The fraction of sp³-hybridized carbons (Fsp3) is 0.353. The number of halogens is 4. The number of amides is 1. The van der Waals surface area contributed by atoms with E-state index < -0.39 is 23.0 Å². The summed E-state index contributed by atoms with van der Waals surface area (Å²) in [4.78, 5) is 19.6. The predicted molar refractivity (Wildman–Crippen MR) is 90.7 cm³/mol. The Morgan fingerprint density at radius 1 is 1.30 bits per heavy atom. The molecule has 0 bridgehead atoms. The van der Waals surface area contributed by atoms with Gasteiger partial charge in [-0.05, 0) is 30.5 Å². The summed E-state index contributed by atoms with van der Waals surface area (Å²) in [5.74, 6) is 0.0176. The Hall–Kier alpha value is -2.55. The van der Waals surface area contributed by atoms with Crippen LogP contribution in [0.2, 0.25) is 5.15 Å². The lowest BCUT2D eigenvalue weighted by Gasteiger charge is -2.34. The zero-order valence-corrected chi connectivity index (χ0v) is 14.7. The molecule has 1 unspecified atom stereocenters. The topological polar surface area (TPSA) is 81.2 Å². The molecule has 1 aromatic carbocycles. The van der Waals surface area contributed by atoms with E-state index >= 15 is 0 Å². The summed E-state index contributed by atoms with van der Waals surface area (Å²) in [5.41, 5.74) is 0.444. The molecule has 0 aliphatic carbocycles. The summed E-state index contributed by atoms with van der Waals surface area (Å²) in [6.07, 6.45) is -3.53. The molecular weight excluding hydrogens is 385 g/mol. The van der Waals surface area contributed by atoms with Crippen molar-refractivity contribution in [2.75, 3.05) is 18.4 Å². The number of nitrogens with zero attached hydrogens (tertiary/aromatic N) is 3. The van der Waals surface area contributed by atoms with E-state index in [0.29, 0.717) is 25.0 Å². The number of carboxylic acid groups (broad SMARTS) is 1. The number of benzene rings is 1. The van der Waals surface area contributed by atoms with Crippen molar-refractivity contribution in [1.29, 1.82) is 0 Å². The van der Waals surface area contributed by atoms with Crippen LogP contribution in [0.4, 0.5) is 29.6 Å². The third-order valence-electron chi connectivity index (χ3n) is 4.37. The zero-order chi connectivity index (χ0) is 19.6. The van der Waals surface area contributed by atoms with E-state index in [1.165, 1.54) is 4.90 Å². The first kappa shape index (κ1) is 19.2. The number of nitrogens with one attached hydrogen (secondary N) is 1. The largest absolute Gasteiger partial charge is 0.530 e. The summed E-state index contributed by atoms with van der Waals surface area (Å²) in [7, 11) is 0. The maximum atomic E-state index is 12.7. The first-order chi connectivity index (χ1) is 12.7. The zero-order valence-electron chi connectivity index (χ0n) is 14.0. The molecule has 27 heavy (non-hydrogen) atoms. The molecule has 1 fully saturated rings. The first-order valence-corrected chi connectivity index (χ1v) is 8.54. The third kappa shape index (κ3) is 4.60. The molecule has 3 rings (SSSR count). The van der Waals surface area contributed by atoms with Crippen molar-refractivity contribution in [3.63, 3.8) is 0 Å². The van der Waals surface area contributed by atoms with Crippen molar-refractivity contribution in [3.05, 3.63) is 46.7 Å². The normalized spacial score (nSPS) is 17.6. The van der Waals surface area contributed by atoms with Gasteiger partial charge in [0.05, 0.1) is 0 Å². The van der Waals surface area contributed by atoms with Crippen molar-refractivity contribution in [2.24, 2.45) is 0 Å². The Balaban J connectivity index is 1.69. The molecule has 0 saturated carbocycles. The molecule has 1 N–H and O–H groups in total. The number of piperidine rings is 1. The second-order valence-electron chi connectivity index (χ2n) is 6.19. The molecule has 1 saturated heterocycles. The van der Waals surface area contributed by atoms with Crippen LogP contribution in [-0.2, 0) is 6.18 Å². The number of carbonyl (C=O) groups is 1. The predicted octanol–water partition coefficient (Wildman–Crippen LogP) is 3.42. The van der Waals surface area contributed by atoms with Gasteiger partial charge in [0.2, 0.25) is 5.95 Å². The summed E-state index contributed by atoms with van der Waals surface area (Å²) in [5, 5.41) is 13.1. The molecule has 0 spiro atoms. The van der Waals surface area contributed by atoms with Crippen LogP contribution in [0.5, 0.6) is 0 Å². The second-order valence-corrected chi connectivity index (χ2v) is 6.55. The molecule has 6 nitrogen and oxygen atoms in total. The molecule has 1 amide bonds. The van der Waals surface area contributed by atoms with Gasteiger partial charge in [-0.25, -0.2) is 9.97 Å². The Kier molecular flexibility index (Phi) is 5.41. The highest BCUT2D eigenvalue weighted by Gasteiger charge is 2.34. The van der Waals surface area contributed by atoms with E-state index in [2.05, 4.69) is 15.3 Å². The molecule has 1 atom stereocenters. The molecule has 1 aliphatic heterocycles. The molecule has 1 aromatic heterocycles. The smallest absolute Gasteiger partial charge is 0.420 e. The van der Waals surface area contributed by atoms with Gasteiger partial charge in [-0.3, -0.25) is 0 Å². The number of rotatable bonds is 3. The highest BCUT2D eigenvalue weighted by Crippen LogP contribution is 2.34. The van der Waals surface area contributed by atoms with Gasteiger partial charge in [-0.1, -0.05) is 23.7 Å². The Labute approximate surface area is 158 Å². The Morgan fingerprint density at radius 3 is 2.59 bits per heavy atom. The maximum absolute atomic E-state index is 12.7. The highest BCUT2D eigenvalue weighted by molar-refractivity contribution is 6.30. The molecule has 144 valence electrons. The SMILES string of the molecule is O=C([O-])N1CCCC(c2ccc(Nc3ncc(C(F)(F)F)c(Cl)n3)cc2)C1. The maximum Gasteiger partial charge on any atom is 0.420 e. The van der Waals surface area contributed by atoms with Gasteiger partial charge in [-0.2, -0.15) is 13.2 Å². The van der Waals surface area contributed by atoms with Crippen LogP contribution >= 0.6 is 11.6 Å². The first-order valence-electron chi connectivity index (χ1n) is 8.16. The number of anilines is 2. The van der Waals surface area contributed by atoms with E-state index in [1.807, 2.05) is 12.1 Å². The van der Waals surface area contributed by atoms with E-state index in [1.54, 1.807) is 12.1 Å². The van der Waals surface area contributed by atoms with Gasteiger partial charge < -0.3 is 20.1 Å². The van der Waals surface area contributed by atoms with E-state index in [0.717, 1.165) is 18.4 Å². The lowest BCUT2D eigenvalue weighted by atomic mass is 9.91. The van der Waals surface area contributed by atoms with E-state index in [-0.39, 0.29) is 11.9 Å². The van der Waals surface area contributed by atoms with Crippen molar-refractivity contribution in [1.82, 2.24) is 14.9 Å². The number of hydrogen-bond donors (Lipinski definition) is 1. The summed E-state index contributed by atoms with van der Waals surface area (Å²) in [6, 6.07) is 7.11. The van der Waals surface area contributed by atoms with Crippen LogP contribution in [-0.4, -0.2) is 34.1 Å².